The first kappa shape index (κ1) is 7.71. The van der Waals surface area contributed by atoms with E-state index in [0.29, 0.717) is 5.69 Å². The molecule has 0 atom stereocenters. The summed E-state index contributed by atoms with van der Waals surface area (Å²) in [5.41, 5.74) is 2.45. The smallest absolute Gasteiger partial charge is 0.240 e. The zero-order valence-electron chi connectivity index (χ0n) is 7.06. The van der Waals surface area contributed by atoms with E-state index in [1.165, 1.54) is 6.08 Å². The van der Waals surface area contributed by atoms with E-state index in [4.69, 9.17) is 0 Å². The topological polar surface area (TPSA) is 46.7 Å². The molecule has 2 aromatic heterocycles. The second-order valence-electron chi connectivity index (χ2n) is 2.72. The summed E-state index contributed by atoms with van der Waals surface area (Å²) < 4.78 is 1.87. The highest BCUT2D eigenvalue weighted by Crippen LogP contribution is 2.13. The summed E-state index contributed by atoms with van der Waals surface area (Å²) in [6.45, 7) is 1.94. The molecule has 0 saturated heterocycles. The minimum absolute atomic E-state index is 0.587. The molecule has 0 bridgehead atoms. The first-order chi connectivity index (χ1) is 6.31. The van der Waals surface area contributed by atoms with Crippen LogP contribution < -0.4 is 0 Å². The Hall–Kier alpha value is -1.93. The van der Waals surface area contributed by atoms with Crippen molar-refractivity contribution in [3.63, 3.8) is 0 Å². The molecule has 0 saturated carbocycles. The van der Waals surface area contributed by atoms with E-state index >= 15 is 0 Å². The van der Waals surface area contributed by atoms with Crippen molar-refractivity contribution in [1.82, 2.24) is 9.38 Å². The molecule has 0 unspecified atom stereocenters. The third-order valence-corrected chi connectivity index (χ3v) is 1.85. The van der Waals surface area contributed by atoms with Crippen LogP contribution in [0.3, 0.4) is 0 Å². The zero-order valence-corrected chi connectivity index (χ0v) is 7.06. The number of isocyanates is 1. The molecular formula is C9H7N3O. The SMILES string of the molecule is Cc1cnc2ccc(N=C=O)cn12. The molecule has 0 fully saturated rings. The number of hydrogen-bond acceptors (Lipinski definition) is 3. The van der Waals surface area contributed by atoms with Crippen molar-refractivity contribution in [3.05, 3.63) is 30.2 Å². The van der Waals surface area contributed by atoms with Crippen LogP contribution in [0.1, 0.15) is 5.69 Å². The summed E-state index contributed by atoms with van der Waals surface area (Å²) in [6.07, 6.45) is 5.02. The van der Waals surface area contributed by atoms with E-state index < -0.39 is 0 Å². The van der Waals surface area contributed by atoms with Gasteiger partial charge in [0.25, 0.3) is 0 Å². The molecule has 2 heterocycles. The molecule has 0 N–H and O–H groups in total. The first-order valence-corrected chi connectivity index (χ1v) is 3.83. The maximum Gasteiger partial charge on any atom is 0.240 e. The van der Waals surface area contributed by atoms with Gasteiger partial charge >= 0.3 is 0 Å². The fourth-order valence-electron chi connectivity index (χ4n) is 1.21. The van der Waals surface area contributed by atoms with Crippen molar-refractivity contribution in [1.29, 1.82) is 0 Å². The number of nitrogens with zero attached hydrogens (tertiary/aromatic N) is 3. The van der Waals surface area contributed by atoms with E-state index in [-0.39, 0.29) is 0 Å². The number of aliphatic imine (C=N–C) groups is 1. The molecule has 0 amide bonds. The summed E-state index contributed by atoms with van der Waals surface area (Å²) >= 11 is 0. The predicted octanol–water partition coefficient (Wildman–Crippen LogP) is 1.61. The number of aromatic nitrogens is 2. The lowest BCUT2D eigenvalue weighted by atomic mass is 10.4. The molecular weight excluding hydrogens is 166 g/mol. The van der Waals surface area contributed by atoms with E-state index in [9.17, 15) is 4.79 Å². The summed E-state index contributed by atoms with van der Waals surface area (Å²) in [7, 11) is 0. The molecule has 4 nitrogen and oxygen atoms in total. The maximum atomic E-state index is 10.0. The van der Waals surface area contributed by atoms with Crippen LogP contribution in [-0.4, -0.2) is 15.5 Å². The van der Waals surface area contributed by atoms with Crippen LogP contribution in [0.5, 0.6) is 0 Å². The average molecular weight is 173 g/mol. The number of rotatable bonds is 1. The lowest BCUT2D eigenvalue weighted by Crippen LogP contribution is -1.85. The van der Waals surface area contributed by atoms with Crippen LogP contribution in [0.25, 0.3) is 5.65 Å². The summed E-state index contributed by atoms with van der Waals surface area (Å²) in [6, 6.07) is 3.54. The molecule has 4 heteroatoms. The number of aryl methyl sites for hydroxylation is 1. The zero-order chi connectivity index (χ0) is 9.26. The van der Waals surface area contributed by atoms with Gasteiger partial charge in [0.15, 0.2) is 0 Å². The number of fused-ring (bicyclic) bond motifs is 1. The van der Waals surface area contributed by atoms with Crippen LogP contribution in [0.15, 0.2) is 29.5 Å². The normalized spacial score (nSPS) is 9.92. The van der Waals surface area contributed by atoms with Gasteiger partial charge in [-0.25, -0.2) is 9.78 Å². The Morgan fingerprint density at radius 2 is 2.38 bits per heavy atom. The highest BCUT2D eigenvalue weighted by molar-refractivity contribution is 5.52. The quantitative estimate of drug-likeness (QED) is 0.485. The van der Waals surface area contributed by atoms with Gasteiger partial charge in [-0.3, -0.25) is 0 Å². The van der Waals surface area contributed by atoms with Crippen molar-refractivity contribution in [2.45, 2.75) is 6.92 Å². The standard InChI is InChI=1S/C9H7N3O/c1-7-4-10-9-3-2-8(11-6-13)5-12(7)9/h2-5H,1H3. The molecule has 0 radical (unpaired) electrons. The van der Waals surface area contributed by atoms with Crippen molar-refractivity contribution in [2.24, 2.45) is 4.99 Å². The summed E-state index contributed by atoms with van der Waals surface area (Å²) in [5.74, 6) is 0. The minimum atomic E-state index is 0.587. The van der Waals surface area contributed by atoms with Crippen LogP contribution in [0.4, 0.5) is 5.69 Å². The molecule has 0 aromatic carbocycles. The Kier molecular flexibility index (Phi) is 1.69. The van der Waals surface area contributed by atoms with Gasteiger partial charge in [-0.2, -0.15) is 4.99 Å². The molecule has 0 aliphatic carbocycles. The van der Waals surface area contributed by atoms with Crippen molar-refractivity contribution >= 4 is 17.4 Å². The first-order valence-electron chi connectivity index (χ1n) is 3.83. The number of hydrogen-bond donors (Lipinski definition) is 0. The third-order valence-electron chi connectivity index (χ3n) is 1.85. The Morgan fingerprint density at radius 1 is 1.54 bits per heavy atom. The molecule has 0 spiro atoms. The van der Waals surface area contributed by atoms with E-state index in [1.54, 1.807) is 18.5 Å². The number of pyridine rings is 1. The minimum Gasteiger partial charge on any atom is -0.302 e. The van der Waals surface area contributed by atoms with Gasteiger partial charge in [-0.1, -0.05) is 0 Å². The summed E-state index contributed by atoms with van der Waals surface area (Å²) in [5, 5.41) is 0. The highest BCUT2D eigenvalue weighted by atomic mass is 16.1. The largest absolute Gasteiger partial charge is 0.302 e. The number of carbonyl (C=O) groups excluding carboxylic acids is 1. The molecule has 2 rings (SSSR count). The molecule has 2 aromatic rings. The van der Waals surface area contributed by atoms with E-state index in [0.717, 1.165) is 11.3 Å². The van der Waals surface area contributed by atoms with Gasteiger partial charge in [-0.05, 0) is 19.1 Å². The van der Waals surface area contributed by atoms with Gasteiger partial charge < -0.3 is 4.40 Å². The van der Waals surface area contributed by atoms with Gasteiger partial charge in [0.2, 0.25) is 6.08 Å². The van der Waals surface area contributed by atoms with Gasteiger partial charge in [-0.15, -0.1) is 0 Å². The Balaban J connectivity index is 2.72. The average Bonchev–Trinajstić information content (AvgIpc) is 2.49. The van der Waals surface area contributed by atoms with Crippen LogP contribution >= 0.6 is 0 Å². The fourth-order valence-corrected chi connectivity index (χ4v) is 1.21. The lowest BCUT2D eigenvalue weighted by molar-refractivity contribution is 0.565. The Labute approximate surface area is 74.6 Å². The molecule has 13 heavy (non-hydrogen) atoms. The van der Waals surface area contributed by atoms with Crippen molar-refractivity contribution in [3.8, 4) is 0 Å². The van der Waals surface area contributed by atoms with Gasteiger partial charge in [0, 0.05) is 18.1 Å². The second-order valence-corrected chi connectivity index (χ2v) is 2.72. The lowest BCUT2D eigenvalue weighted by Gasteiger charge is -1.96. The second kappa shape index (κ2) is 2.84. The third kappa shape index (κ3) is 1.23. The summed E-state index contributed by atoms with van der Waals surface area (Å²) in [4.78, 5) is 17.7. The highest BCUT2D eigenvalue weighted by Gasteiger charge is 1.98. The van der Waals surface area contributed by atoms with Crippen LogP contribution in [0.2, 0.25) is 0 Å². The Morgan fingerprint density at radius 3 is 3.15 bits per heavy atom. The molecule has 0 aliphatic heterocycles. The van der Waals surface area contributed by atoms with Crippen LogP contribution in [0, 0.1) is 6.92 Å². The van der Waals surface area contributed by atoms with E-state index in [2.05, 4.69) is 9.98 Å². The predicted molar refractivity (Wildman–Crippen MR) is 47.7 cm³/mol. The van der Waals surface area contributed by atoms with Crippen molar-refractivity contribution < 1.29 is 4.79 Å². The van der Waals surface area contributed by atoms with Crippen molar-refractivity contribution in [2.75, 3.05) is 0 Å². The molecule has 0 aliphatic rings. The van der Waals surface area contributed by atoms with Gasteiger partial charge in [0.1, 0.15) is 5.65 Å². The van der Waals surface area contributed by atoms with Crippen LogP contribution in [-0.2, 0) is 4.79 Å². The van der Waals surface area contributed by atoms with E-state index in [1.807, 2.05) is 17.4 Å². The monoisotopic (exact) mass is 173 g/mol. The Bertz CT molecular complexity index is 495. The fraction of sp³-hybridized carbons (Fsp3) is 0.111. The number of imidazole rings is 1. The van der Waals surface area contributed by atoms with Gasteiger partial charge in [0.05, 0.1) is 5.69 Å². The maximum absolute atomic E-state index is 10.0. The molecule has 64 valence electrons.